The standard InChI is InChI=1S/C20H15N3O2S2/c1-13-18(27-20(22-13)17-3-2-12-26-17)19(24)23-14-4-6-15(7-5-14)25-16-8-10-21-11-9-16/h2-12H,1H3,(H,23,24). The van der Waals surface area contributed by atoms with E-state index >= 15 is 0 Å². The smallest absolute Gasteiger partial charge is 0.267 e. The number of hydrogen-bond acceptors (Lipinski definition) is 6. The van der Waals surface area contributed by atoms with E-state index in [2.05, 4.69) is 15.3 Å². The molecular weight excluding hydrogens is 378 g/mol. The number of carbonyl (C=O) groups excluding carboxylic acids is 1. The Kier molecular flexibility index (Phi) is 4.95. The largest absolute Gasteiger partial charge is 0.457 e. The Hall–Kier alpha value is -3.03. The molecule has 0 aliphatic carbocycles. The number of aryl methyl sites for hydroxylation is 1. The molecule has 0 saturated heterocycles. The zero-order chi connectivity index (χ0) is 18.6. The van der Waals surface area contributed by atoms with E-state index in [1.807, 2.05) is 48.7 Å². The number of nitrogens with one attached hydrogen (secondary N) is 1. The first-order valence-corrected chi connectivity index (χ1v) is 9.89. The predicted octanol–water partition coefficient (Wildman–Crippen LogP) is 5.62. The molecule has 27 heavy (non-hydrogen) atoms. The third kappa shape index (κ3) is 4.05. The van der Waals surface area contributed by atoms with E-state index < -0.39 is 0 Å². The summed E-state index contributed by atoms with van der Waals surface area (Å²) in [5.74, 6) is 1.24. The maximum atomic E-state index is 12.6. The summed E-state index contributed by atoms with van der Waals surface area (Å²) in [6.07, 6.45) is 3.34. The first-order chi connectivity index (χ1) is 13.2. The molecule has 3 aromatic heterocycles. The Labute approximate surface area is 164 Å². The Balaban J connectivity index is 1.45. The van der Waals surface area contributed by atoms with Crippen LogP contribution in [-0.4, -0.2) is 15.9 Å². The van der Waals surface area contributed by atoms with Gasteiger partial charge in [-0.15, -0.1) is 22.7 Å². The number of thiophene rings is 1. The molecule has 0 atom stereocenters. The third-order valence-corrected chi connectivity index (χ3v) is 5.93. The molecule has 4 aromatic rings. The number of aromatic nitrogens is 2. The molecule has 5 nitrogen and oxygen atoms in total. The van der Waals surface area contributed by atoms with Gasteiger partial charge >= 0.3 is 0 Å². The lowest BCUT2D eigenvalue weighted by molar-refractivity contribution is 0.103. The van der Waals surface area contributed by atoms with Crippen LogP contribution in [-0.2, 0) is 0 Å². The van der Waals surface area contributed by atoms with Gasteiger partial charge in [0.15, 0.2) is 0 Å². The number of nitrogens with zero attached hydrogens (tertiary/aromatic N) is 2. The molecule has 0 bridgehead atoms. The second-order valence-electron chi connectivity index (χ2n) is 5.67. The van der Waals surface area contributed by atoms with Crippen LogP contribution in [0.1, 0.15) is 15.4 Å². The molecule has 134 valence electrons. The van der Waals surface area contributed by atoms with Gasteiger partial charge in [-0.1, -0.05) is 6.07 Å². The summed E-state index contributed by atoms with van der Waals surface area (Å²) in [6.45, 7) is 1.86. The van der Waals surface area contributed by atoms with Crippen molar-refractivity contribution >= 4 is 34.3 Å². The van der Waals surface area contributed by atoms with E-state index in [0.29, 0.717) is 22.1 Å². The summed E-state index contributed by atoms with van der Waals surface area (Å²) >= 11 is 3.02. The van der Waals surface area contributed by atoms with Crippen molar-refractivity contribution in [2.24, 2.45) is 0 Å². The van der Waals surface area contributed by atoms with Crippen LogP contribution in [0.25, 0.3) is 9.88 Å². The van der Waals surface area contributed by atoms with Crippen LogP contribution < -0.4 is 10.1 Å². The minimum absolute atomic E-state index is 0.157. The molecule has 0 radical (unpaired) electrons. The maximum absolute atomic E-state index is 12.6. The van der Waals surface area contributed by atoms with Crippen LogP contribution in [0.3, 0.4) is 0 Å². The van der Waals surface area contributed by atoms with Crippen molar-refractivity contribution < 1.29 is 9.53 Å². The summed E-state index contributed by atoms with van der Waals surface area (Å²) in [6, 6.07) is 14.8. The summed E-state index contributed by atoms with van der Waals surface area (Å²) in [4.78, 5) is 22.8. The lowest BCUT2D eigenvalue weighted by Crippen LogP contribution is -2.11. The number of anilines is 1. The zero-order valence-corrected chi connectivity index (χ0v) is 16.0. The van der Waals surface area contributed by atoms with Gasteiger partial charge < -0.3 is 10.1 Å². The van der Waals surface area contributed by atoms with E-state index in [4.69, 9.17) is 4.74 Å². The summed E-state index contributed by atoms with van der Waals surface area (Å²) in [5, 5.41) is 5.79. The summed E-state index contributed by atoms with van der Waals surface area (Å²) in [7, 11) is 0. The Bertz CT molecular complexity index is 1040. The molecule has 0 aliphatic rings. The fourth-order valence-corrected chi connectivity index (χ4v) is 4.21. The van der Waals surface area contributed by atoms with Gasteiger partial charge in [-0.2, -0.15) is 0 Å². The number of amides is 1. The first-order valence-electron chi connectivity index (χ1n) is 8.19. The second-order valence-corrected chi connectivity index (χ2v) is 7.62. The monoisotopic (exact) mass is 393 g/mol. The fraction of sp³-hybridized carbons (Fsp3) is 0.0500. The number of pyridine rings is 1. The Morgan fingerprint density at radius 1 is 1.04 bits per heavy atom. The van der Waals surface area contributed by atoms with Gasteiger partial charge in [-0.3, -0.25) is 9.78 Å². The highest BCUT2D eigenvalue weighted by Crippen LogP contribution is 2.31. The average molecular weight is 393 g/mol. The van der Waals surface area contributed by atoms with E-state index in [0.717, 1.165) is 15.6 Å². The lowest BCUT2D eigenvalue weighted by Gasteiger charge is -2.07. The van der Waals surface area contributed by atoms with Crippen LogP contribution >= 0.6 is 22.7 Å². The number of rotatable bonds is 5. The minimum atomic E-state index is -0.157. The molecular formula is C20H15N3O2S2. The average Bonchev–Trinajstić information content (AvgIpc) is 3.34. The van der Waals surface area contributed by atoms with Gasteiger partial charge in [0.2, 0.25) is 0 Å². The topological polar surface area (TPSA) is 64.1 Å². The molecule has 0 aliphatic heterocycles. The van der Waals surface area contributed by atoms with Crippen LogP contribution in [0.4, 0.5) is 5.69 Å². The van der Waals surface area contributed by atoms with E-state index in [1.165, 1.54) is 11.3 Å². The first kappa shape index (κ1) is 17.4. The van der Waals surface area contributed by atoms with Crippen molar-refractivity contribution in [3.8, 4) is 21.4 Å². The molecule has 0 spiro atoms. The van der Waals surface area contributed by atoms with Crippen molar-refractivity contribution in [1.82, 2.24) is 9.97 Å². The van der Waals surface area contributed by atoms with Gasteiger partial charge in [0.05, 0.1) is 10.6 Å². The predicted molar refractivity (Wildman–Crippen MR) is 109 cm³/mol. The second kappa shape index (κ2) is 7.69. The highest BCUT2D eigenvalue weighted by molar-refractivity contribution is 7.22. The van der Waals surface area contributed by atoms with Crippen molar-refractivity contribution in [3.63, 3.8) is 0 Å². The lowest BCUT2D eigenvalue weighted by atomic mass is 10.3. The van der Waals surface area contributed by atoms with Crippen molar-refractivity contribution in [2.75, 3.05) is 5.32 Å². The molecule has 4 rings (SSSR count). The minimum Gasteiger partial charge on any atom is -0.457 e. The fourth-order valence-electron chi connectivity index (χ4n) is 2.45. The SMILES string of the molecule is Cc1nc(-c2cccs2)sc1C(=O)Nc1ccc(Oc2ccncc2)cc1. The van der Waals surface area contributed by atoms with Gasteiger partial charge in [0.1, 0.15) is 21.4 Å². The molecule has 0 unspecified atom stereocenters. The van der Waals surface area contributed by atoms with Crippen LogP contribution in [0.5, 0.6) is 11.5 Å². The van der Waals surface area contributed by atoms with E-state index in [9.17, 15) is 4.79 Å². The van der Waals surface area contributed by atoms with Gasteiger partial charge in [-0.25, -0.2) is 4.98 Å². The molecule has 3 heterocycles. The number of carbonyl (C=O) groups is 1. The van der Waals surface area contributed by atoms with Crippen LogP contribution in [0.15, 0.2) is 66.3 Å². The van der Waals surface area contributed by atoms with Crippen molar-refractivity contribution in [2.45, 2.75) is 6.92 Å². The van der Waals surface area contributed by atoms with Crippen LogP contribution in [0.2, 0.25) is 0 Å². The maximum Gasteiger partial charge on any atom is 0.267 e. The number of thiazole rings is 1. The third-order valence-electron chi connectivity index (χ3n) is 3.73. The zero-order valence-electron chi connectivity index (χ0n) is 14.4. The number of hydrogen-bond donors (Lipinski definition) is 1. The molecule has 1 amide bonds. The Morgan fingerprint density at radius 3 is 2.48 bits per heavy atom. The van der Waals surface area contributed by atoms with E-state index in [-0.39, 0.29) is 5.91 Å². The molecule has 0 saturated carbocycles. The Morgan fingerprint density at radius 2 is 1.78 bits per heavy atom. The summed E-state index contributed by atoms with van der Waals surface area (Å²) in [5.41, 5.74) is 1.44. The highest BCUT2D eigenvalue weighted by atomic mass is 32.1. The molecule has 1 aromatic carbocycles. The van der Waals surface area contributed by atoms with Crippen molar-refractivity contribution in [1.29, 1.82) is 0 Å². The highest BCUT2D eigenvalue weighted by Gasteiger charge is 2.17. The molecule has 7 heteroatoms. The number of benzene rings is 1. The normalized spacial score (nSPS) is 10.6. The van der Waals surface area contributed by atoms with Gasteiger partial charge in [-0.05, 0) is 54.8 Å². The van der Waals surface area contributed by atoms with E-state index in [1.54, 1.807) is 35.9 Å². The van der Waals surface area contributed by atoms with Gasteiger partial charge in [0.25, 0.3) is 5.91 Å². The molecule has 0 fully saturated rings. The molecule has 1 N–H and O–H groups in total. The number of ether oxygens (including phenoxy) is 1. The van der Waals surface area contributed by atoms with Crippen LogP contribution in [0, 0.1) is 6.92 Å². The quantitative estimate of drug-likeness (QED) is 0.478. The van der Waals surface area contributed by atoms with Crippen molar-refractivity contribution in [3.05, 3.63) is 76.9 Å². The summed E-state index contributed by atoms with van der Waals surface area (Å²) < 4.78 is 5.73. The van der Waals surface area contributed by atoms with Gasteiger partial charge in [0, 0.05) is 18.1 Å².